The van der Waals surface area contributed by atoms with Crippen molar-refractivity contribution in [3.05, 3.63) is 18.2 Å². The normalized spacial score (nSPS) is 14.4. The Balaban J connectivity index is 2.74. The van der Waals surface area contributed by atoms with Crippen LogP contribution in [0, 0.1) is 0 Å². The molecule has 4 unspecified atom stereocenters. The number of nitrogens with zero attached hydrogens (tertiary/aromatic N) is 1. The fourth-order valence-corrected chi connectivity index (χ4v) is 2.84. The lowest BCUT2D eigenvalue weighted by atomic mass is 10.1. The zero-order valence-electron chi connectivity index (χ0n) is 18.4. The summed E-state index contributed by atoms with van der Waals surface area (Å²) in [5.74, 6) is -4.41. The molecule has 0 saturated heterocycles. The molecular formula is C19H32N8O6. The Morgan fingerprint density at radius 2 is 1.73 bits per heavy atom. The van der Waals surface area contributed by atoms with Gasteiger partial charge in [-0.15, -0.1) is 0 Å². The predicted molar refractivity (Wildman–Crippen MR) is 116 cm³/mol. The fourth-order valence-electron chi connectivity index (χ4n) is 2.84. The van der Waals surface area contributed by atoms with E-state index in [0.29, 0.717) is 25.1 Å². The lowest BCUT2D eigenvalue weighted by molar-refractivity contribution is -0.143. The van der Waals surface area contributed by atoms with Gasteiger partial charge in [-0.1, -0.05) is 0 Å². The Morgan fingerprint density at radius 1 is 1.06 bits per heavy atom. The SMILES string of the molecule is CC(NC(=O)C(N)Cc1cnc[nH]1)C(=O)NC(CCCCN)C(=O)NC(CC(N)=O)C(=O)O. The smallest absolute Gasteiger partial charge is 0.326 e. The van der Waals surface area contributed by atoms with Crippen molar-refractivity contribution in [2.75, 3.05) is 6.54 Å². The van der Waals surface area contributed by atoms with Crippen molar-refractivity contribution >= 4 is 29.6 Å². The monoisotopic (exact) mass is 468 g/mol. The maximum atomic E-state index is 12.6. The van der Waals surface area contributed by atoms with E-state index in [0.717, 1.165) is 0 Å². The molecule has 0 aliphatic carbocycles. The maximum Gasteiger partial charge on any atom is 0.326 e. The molecule has 0 aliphatic heterocycles. The standard InChI is InChI=1S/C19H32N8O6/c1-10(25-17(30)12(21)6-11-8-23-9-24-11)16(29)26-13(4-2-3-5-20)18(31)27-14(19(32)33)7-15(22)28/h8-10,12-14H,2-7,20-21H2,1H3,(H2,22,28)(H,23,24)(H,25,30)(H,26,29)(H,27,31)(H,32,33). The number of aliphatic carboxylic acids is 1. The Morgan fingerprint density at radius 3 is 2.27 bits per heavy atom. The first-order chi connectivity index (χ1) is 15.5. The van der Waals surface area contributed by atoms with Crippen molar-refractivity contribution in [1.82, 2.24) is 25.9 Å². The molecule has 1 aromatic heterocycles. The number of aromatic nitrogens is 2. The second-order valence-electron chi connectivity index (χ2n) is 7.53. The van der Waals surface area contributed by atoms with Gasteiger partial charge in [-0.3, -0.25) is 19.2 Å². The summed E-state index contributed by atoms with van der Waals surface area (Å²) in [6.07, 6.45) is 3.75. The first kappa shape index (κ1) is 27.5. The van der Waals surface area contributed by atoms with Crippen LogP contribution in [0.5, 0.6) is 0 Å². The van der Waals surface area contributed by atoms with Crippen molar-refractivity contribution in [3.8, 4) is 0 Å². The summed E-state index contributed by atoms with van der Waals surface area (Å²) in [7, 11) is 0. The summed E-state index contributed by atoms with van der Waals surface area (Å²) >= 11 is 0. The fraction of sp³-hybridized carbons (Fsp3) is 0.579. The van der Waals surface area contributed by atoms with Crippen LogP contribution >= 0.6 is 0 Å². The first-order valence-corrected chi connectivity index (χ1v) is 10.4. The second kappa shape index (κ2) is 13.8. The number of amides is 4. The van der Waals surface area contributed by atoms with E-state index in [-0.39, 0.29) is 12.8 Å². The number of nitrogens with one attached hydrogen (secondary N) is 4. The summed E-state index contributed by atoms with van der Waals surface area (Å²) in [5, 5.41) is 16.4. The van der Waals surface area contributed by atoms with Crippen LogP contribution in [-0.2, 0) is 30.4 Å². The Labute approximate surface area is 190 Å². The number of unbranched alkanes of at least 4 members (excludes halogenated alkanes) is 1. The van der Waals surface area contributed by atoms with Gasteiger partial charge in [-0.2, -0.15) is 0 Å². The maximum absolute atomic E-state index is 12.6. The summed E-state index contributed by atoms with van der Waals surface area (Å²) in [6.45, 7) is 1.78. The number of carbonyl (C=O) groups is 5. The summed E-state index contributed by atoms with van der Waals surface area (Å²) in [5.41, 5.74) is 17.0. The molecule has 0 aliphatic rings. The number of H-pyrrole nitrogens is 1. The Hall–Kier alpha value is -3.52. The van der Waals surface area contributed by atoms with Gasteiger partial charge in [0.2, 0.25) is 23.6 Å². The van der Waals surface area contributed by atoms with E-state index in [1.807, 2.05) is 0 Å². The topological polar surface area (TPSA) is 248 Å². The molecule has 184 valence electrons. The molecule has 1 heterocycles. The molecule has 0 fully saturated rings. The minimum Gasteiger partial charge on any atom is -0.480 e. The van der Waals surface area contributed by atoms with Crippen molar-refractivity contribution in [1.29, 1.82) is 0 Å². The third-order valence-corrected chi connectivity index (χ3v) is 4.68. The van der Waals surface area contributed by atoms with E-state index < -0.39 is 60.2 Å². The molecule has 4 amide bonds. The molecular weight excluding hydrogens is 436 g/mol. The van der Waals surface area contributed by atoms with Gasteiger partial charge in [0, 0.05) is 18.3 Å². The van der Waals surface area contributed by atoms with Crippen LogP contribution in [0.15, 0.2) is 12.5 Å². The van der Waals surface area contributed by atoms with Crippen LogP contribution in [0.4, 0.5) is 0 Å². The lowest BCUT2D eigenvalue weighted by Crippen LogP contribution is -2.56. The number of primary amides is 1. The summed E-state index contributed by atoms with van der Waals surface area (Å²) in [6, 6.07) is -4.62. The number of imidazole rings is 1. The number of aromatic amines is 1. The highest BCUT2D eigenvalue weighted by atomic mass is 16.4. The molecule has 0 aromatic carbocycles. The first-order valence-electron chi connectivity index (χ1n) is 10.4. The van der Waals surface area contributed by atoms with Crippen molar-refractivity contribution in [2.24, 2.45) is 17.2 Å². The number of hydrogen-bond acceptors (Lipinski definition) is 8. The van der Waals surface area contributed by atoms with Crippen LogP contribution in [0.3, 0.4) is 0 Å². The third-order valence-electron chi connectivity index (χ3n) is 4.68. The molecule has 0 saturated carbocycles. The number of rotatable bonds is 15. The molecule has 33 heavy (non-hydrogen) atoms. The van der Waals surface area contributed by atoms with Crippen LogP contribution in [0.1, 0.15) is 38.3 Å². The van der Waals surface area contributed by atoms with Crippen LogP contribution in [-0.4, -0.2) is 75.4 Å². The van der Waals surface area contributed by atoms with Gasteiger partial charge in [0.1, 0.15) is 18.1 Å². The van der Waals surface area contributed by atoms with Crippen molar-refractivity contribution < 1.29 is 29.1 Å². The molecule has 4 atom stereocenters. The lowest BCUT2D eigenvalue weighted by Gasteiger charge is -2.23. The molecule has 0 bridgehead atoms. The van der Waals surface area contributed by atoms with Gasteiger partial charge in [-0.05, 0) is 32.7 Å². The third kappa shape index (κ3) is 10.1. The molecule has 1 aromatic rings. The van der Waals surface area contributed by atoms with Crippen molar-refractivity contribution in [3.63, 3.8) is 0 Å². The highest BCUT2D eigenvalue weighted by Crippen LogP contribution is 2.04. The molecule has 0 spiro atoms. The Kier molecular flexibility index (Phi) is 11.5. The van der Waals surface area contributed by atoms with Crippen molar-refractivity contribution in [2.45, 2.75) is 63.2 Å². The van der Waals surface area contributed by atoms with Gasteiger partial charge in [0.25, 0.3) is 0 Å². The van der Waals surface area contributed by atoms with Gasteiger partial charge in [0.15, 0.2) is 0 Å². The highest BCUT2D eigenvalue weighted by molar-refractivity contribution is 5.94. The largest absolute Gasteiger partial charge is 0.480 e. The number of carboxylic acids is 1. The zero-order valence-corrected chi connectivity index (χ0v) is 18.4. The van der Waals surface area contributed by atoms with E-state index >= 15 is 0 Å². The minimum atomic E-state index is -1.54. The van der Waals surface area contributed by atoms with Crippen LogP contribution in [0.2, 0.25) is 0 Å². The molecule has 0 radical (unpaired) electrons. The zero-order chi connectivity index (χ0) is 25.0. The second-order valence-corrected chi connectivity index (χ2v) is 7.53. The van der Waals surface area contributed by atoms with E-state index in [1.54, 1.807) is 0 Å². The molecule has 14 heteroatoms. The van der Waals surface area contributed by atoms with E-state index in [2.05, 4.69) is 25.9 Å². The van der Waals surface area contributed by atoms with Gasteiger partial charge in [-0.25, -0.2) is 9.78 Å². The van der Waals surface area contributed by atoms with E-state index in [9.17, 15) is 29.1 Å². The summed E-state index contributed by atoms with van der Waals surface area (Å²) in [4.78, 5) is 66.5. The number of nitrogens with two attached hydrogens (primary N) is 3. The summed E-state index contributed by atoms with van der Waals surface area (Å²) < 4.78 is 0. The predicted octanol–water partition coefficient (Wildman–Crippen LogP) is -3.16. The average Bonchev–Trinajstić information content (AvgIpc) is 3.24. The van der Waals surface area contributed by atoms with Gasteiger partial charge in [0.05, 0.1) is 18.8 Å². The van der Waals surface area contributed by atoms with Crippen LogP contribution < -0.4 is 33.2 Å². The minimum absolute atomic E-state index is 0.164. The van der Waals surface area contributed by atoms with E-state index in [1.165, 1.54) is 19.4 Å². The molecule has 1 rings (SSSR count). The quantitative estimate of drug-likeness (QED) is 0.121. The number of carboxylic acid groups (broad SMARTS) is 1. The average molecular weight is 469 g/mol. The molecule has 14 nitrogen and oxygen atoms in total. The van der Waals surface area contributed by atoms with E-state index in [4.69, 9.17) is 17.2 Å². The highest BCUT2D eigenvalue weighted by Gasteiger charge is 2.29. The number of carbonyl (C=O) groups excluding carboxylic acids is 4. The number of hydrogen-bond donors (Lipinski definition) is 8. The molecule has 11 N–H and O–H groups in total. The van der Waals surface area contributed by atoms with Gasteiger partial charge >= 0.3 is 5.97 Å². The van der Waals surface area contributed by atoms with Gasteiger partial charge < -0.3 is 43.2 Å². The Bertz CT molecular complexity index is 815. The van der Waals surface area contributed by atoms with Crippen LogP contribution in [0.25, 0.3) is 0 Å².